The summed E-state index contributed by atoms with van der Waals surface area (Å²) in [7, 11) is 0. The first-order valence-corrected chi connectivity index (χ1v) is 5.12. The number of halogens is 1. The summed E-state index contributed by atoms with van der Waals surface area (Å²) in [5.41, 5.74) is 0.642. The quantitative estimate of drug-likeness (QED) is 0.469. The topological polar surface area (TPSA) is 26.3 Å². The summed E-state index contributed by atoms with van der Waals surface area (Å²) in [6, 6.07) is 7.30. The molecule has 2 nitrogen and oxygen atoms in total. The van der Waals surface area contributed by atoms with Crippen LogP contribution in [0.4, 0.5) is 0 Å². The number of benzene rings is 1. The average molecular weight is 255 g/mol. The highest BCUT2D eigenvalue weighted by Gasteiger charge is 2.04. The Morgan fingerprint density at radius 3 is 2.86 bits per heavy atom. The molecule has 0 atom stereocenters. The number of carbonyl (C=O) groups is 1. The van der Waals surface area contributed by atoms with Gasteiger partial charge in [0.25, 0.3) is 0 Å². The minimum absolute atomic E-state index is 0.0640. The summed E-state index contributed by atoms with van der Waals surface area (Å²) in [6.45, 7) is 2.44. The Morgan fingerprint density at radius 1 is 1.50 bits per heavy atom. The summed E-state index contributed by atoms with van der Waals surface area (Å²) < 4.78 is 5.75. The fourth-order valence-electron chi connectivity index (χ4n) is 0.957. The fraction of sp³-hybridized carbons (Fsp3) is 0.182. The van der Waals surface area contributed by atoms with E-state index in [1.54, 1.807) is 6.07 Å². The van der Waals surface area contributed by atoms with Crippen LogP contribution in [0.25, 0.3) is 0 Å². The van der Waals surface area contributed by atoms with Crippen molar-refractivity contribution in [2.45, 2.75) is 6.92 Å². The van der Waals surface area contributed by atoms with Crippen LogP contribution in [0.1, 0.15) is 17.3 Å². The van der Waals surface area contributed by atoms with E-state index in [1.165, 1.54) is 12.3 Å². The molecule has 0 radical (unpaired) electrons. The lowest BCUT2D eigenvalue weighted by atomic mass is 10.1. The van der Waals surface area contributed by atoms with Gasteiger partial charge in [-0.1, -0.05) is 28.1 Å². The van der Waals surface area contributed by atoms with Crippen LogP contribution in [0.2, 0.25) is 0 Å². The zero-order chi connectivity index (χ0) is 10.4. The Hall–Kier alpha value is -1.09. The highest BCUT2D eigenvalue weighted by Crippen LogP contribution is 2.16. The zero-order valence-electron chi connectivity index (χ0n) is 7.87. The molecule has 0 aliphatic heterocycles. The second kappa shape index (κ2) is 5.60. The van der Waals surface area contributed by atoms with Crippen molar-refractivity contribution >= 4 is 21.7 Å². The summed E-state index contributed by atoms with van der Waals surface area (Å²) in [5, 5.41) is 0. The Balaban J connectivity index is 2.75. The van der Waals surface area contributed by atoms with Gasteiger partial charge in [-0.15, -0.1) is 0 Å². The third-order valence-electron chi connectivity index (χ3n) is 1.62. The molecule has 0 aliphatic carbocycles. The molecule has 0 heterocycles. The number of carbonyl (C=O) groups excluding carboxylic acids is 1. The van der Waals surface area contributed by atoms with Crippen LogP contribution in [0, 0.1) is 0 Å². The summed E-state index contributed by atoms with van der Waals surface area (Å²) in [4.78, 5) is 11.5. The second-order valence-electron chi connectivity index (χ2n) is 2.60. The van der Waals surface area contributed by atoms with Crippen molar-refractivity contribution in [2.24, 2.45) is 0 Å². The van der Waals surface area contributed by atoms with Crippen molar-refractivity contribution in [3.05, 3.63) is 46.6 Å². The number of ether oxygens (including phenoxy) is 1. The van der Waals surface area contributed by atoms with Gasteiger partial charge in [-0.05, 0) is 19.1 Å². The third kappa shape index (κ3) is 3.00. The van der Waals surface area contributed by atoms with E-state index in [9.17, 15) is 4.79 Å². The minimum atomic E-state index is -0.0640. The standard InChI is InChI=1S/C11H11BrO2/c1-2-14-8-7-11(13)9-5-3-4-6-10(9)12/h3-8H,2H2,1H3. The van der Waals surface area contributed by atoms with Crippen molar-refractivity contribution < 1.29 is 9.53 Å². The van der Waals surface area contributed by atoms with Crippen LogP contribution in [-0.4, -0.2) is 12.4 Å². The van der Waals surface area contributed by atoms with Crippen LogP contribution in [0.5, 0.6) is 0 Å². The van der Waals surface area contributed by atoms with E-state index in [0.29, 0.717) is 12.2 Å². The van der Waals surface area contributed by atoms with Crippen molar-refractivity contribution in [2.75, 3.05) is 6.61 Å². The lowest BCUT2D eigenvalue weighted by molar-refractivity contribution is 0.104. The first-order valence-electron chi connectivity index (χ1n) is 4.32. The van der Waals surface area contributed by atoms with Crippen molar-refractivity contribution in [1.82, 2.24) is 0 Å². The van der Waals surface area contributed by atoms with E-state index < -0.39 is 0 Å². The first-order chi connectivity index (χ1) is 6.75. The van der Waals surface area contributed by atoms with E-state index in [2.05, 4.69) is 15.9 Å². The molecule has 0 saturated carbocycles. The lowest BCUT2D eigenvalue weighted by Crippen LogP contribution is -1.95. The maximum Gasteiger partial charge on any atom is 0.190 e. The van der Waals surface area contributed by atoms with Gasteiger partial charge < -0.3 is 4.74 Å². The molecule has 0 aliphatic rings. The van der Waals surface area contributed by atoms with Crippen molar-refractivity contribution in [3.8, 4) is 0 Å². The predicted octanol–water partition coefficient (Wildman–Crippen LogP) is 3.18. The van der Waals surface area contributed by atoms with Gasteiger partial charge in [-0.3, -0.25) is 4.79 Å². The molecule has 0 fully saturated rings. The molecule has 74 valence electrons. The highest BCUT2D eigenvalue weighted by atomic mass is 79.9. The molecule has 0 N–H and O–H groups in total. The van der Waals surface area contributed by atoms with E-state index in [1.807, 2.05) is 25.1 Å². The maximum atomic E-state index is 11.5. The van der Waals surface area contributed by atoms with Gasteiger partial charge in [0.05, 0.1) is 12.9 Å². The second-order valence-corrected chi connectivity index (χ2v) is 3.46. The Labute approximate surface area is 91.7 Å². The van der Waals surface area contributed by atoms with Crippen molar-refractivity contribution in [3.63, 3.8) is 0 Å². The Bertz CT molecular complexity index is 345. The van der Waals surface area contributed by atoms with Gasteiger partial charge in [0, 0.05) is 16.1 Å². The van der Waals surface area contributed by atoms with Crippen LogP contribution >= 0.6 is 15.9 Å². The molecule has 1 aromatic rings. The van der Waals surface area contributed by atoms with Crippen LogP contribution in [0.3, 0.4) is 0 Å². The van der Waals surface area contributed by atoms with Gasteiger partial charge in [-0.2, -0.15) is 0 Å². The first kappa shape index (κ1) is 11.0. The fourth-order valence-corrected chi connectivity index (χ4v) is 1.44. The minimum Gasteiger partial charge on any atom is -0.501 e. The van der Waals surface area contributed by atoms with Gasteiger partial charge >= 0.3 is 0 Å². The zero-order valence-corrected chi connectivity index (χ0v) is 9.45. The number of rotatable bonds is 4. The summed E-state index contributed by atoms with van der Waals surface area (Å²) in [5.74, 6) is -0.0640. The number of ketones is 1. The monoisotopic (exact) mass is 254 g/mol. The number of allylic oxidation sites excluding steroid dienone is 1. The van der Waals surface area contributed by atoms with E-state index in [4.69, 9.17) is 4.74 Å². The van der Waals surface area contributed by atoms with Gasteiger partial charge in [0.2, 0.25) is 0 Å². The summed E-state index contributed by atoms with van der Waals surface area (Å²) >= 11 is 3.31. The molecule has 1 rings (SSSR count). The molecule has 0 aromatic heterocycles. The molecular weight excluding hydrogens is 244 g/mol. The van der Waals surface area contributed by atoms with E-state index in [0.717, 1.165) is 4.47 Å². The third-order valence-corrected chi connectivity index (χ3v) is 2.31. The average Bonchev–Trinajstić information content (AvgIpc) is 2.18. The van der Waals surface area contributed by atoms with E-state index in [-0.39, 0.29) is 5.78 Å². The van der Waals surface area contributed by atoms with E-state index >= 15 is 0 Å². The molecular formula is C11H11BrO2. The molecule has 0 spiro atoms. The molecule has 0 saturated heterocycles. The van der Waals surface area contributed by atoms with Crippen LogP contribution < -0.4 is 0 Å². The number of hydrogen-bond donors (Lipinski definition) is 0. The predicted molar refractivity (Wildman–Crippen MR) is 59.2 cm³/mol. The summed E-state index contributed by atoms with van der Waals surface area (Å²) in [6.07, 6.45) is 2.84. The maximum absolute atomic E-state index is 11.5. The SMILES string of the molecule is CCOC=CC(=O)c1ccccc1Br. The van der Waals surface area contributed by atoms with Crippen LogP contribution in [0.15, 0.2) is 41.1 Å². The molecule has 14 heavy (non-hydrogen) atoms. The molecule has 0 bridgehead atoms. The molecule has 3 heteroatoms. The normalized spacial score (nSPS) is 10.4. The molecule has 0 amide bonds. The Kier molecular flexibility index (Phi) is 4.40. The molecule has 1 aromatic carbocycles. The van der Waals surface area contributed by atoms with Crippen LogP contribution in [-0.2, 0) is 4.74 Å². The van der Waals surface area contributed by atoms with Gasteiger partial charge in [-0.25, -0.2) is 0 Å². The largest absolute Gasteiger partial charge is 0.501 e. The van der Waals surface area contributed by atoms with Gasteiger partial charge in [0.15, 0.2) is 5.78 Å². The molecule has 0 unspecified atom stereocenters. The smallest absolute Gasteiger partial charge is 0.190 e. The lowest BCUT2D eigenvalue weighted by Gasteiger charge is -1.98. The Morgan fingerprint density at radius 2 is 2.21 bits per heavy atom. The highest BCUT2D eigenvalue weighted by molar-refractivity contribution is 9.10. The van der Waals surface area contributed by atoms with Gasteiger partial charge in [0.1, 0.15) is 0 Å². The van der Waals surface area contributed by atoms with Crippen molar-refractivity contribution in [1.29, 1.82) is 0 Å². The number of hydrogen-bond acceptors (Lipinski definition) is 2.